The summed E-state index contributed by atoms with van der Waals surface area (Å²) in [5, 5.41) is 0. The number of hydrogen-bond donors (Lipinski definition) is 0. The van der Waals surface area contributed by atoms with Crippen molar-refractivity contribution >= 4 is 0 Å². The number of hydrogen-bond acceptors (Lipinski definition) is 1. The van der Waals surface area contributed by atoms with Crippen LogP contribution in [0.1, 0.15) is 58.3 Å². The molecule has 0 radical (unpaired) electrons. The van der Waals surface area contributed by atoms with Crippen molar-refractivity contribution in [3.8, 4) is 0 Å². The van der Waals surface area contributed by atoms with Gasteiger partial charge in [-0.25, -0.2) is 0 Å². The second kappa shape index (κ2) is 4.91. The Kier molecular flexibility index (Phi) is 3.47. The number of rotatable bonds is 1. The molecule has 0 saturated heterocycles. The fraction of sp³-hybridized carbons (Fsp3) is 1.00. The van der Waals surface area contributed by atoms with Crippen LogP contribution in [0.5, 0.6) is 0 Å². The molecule has 0 aromatic carbocycles. The highest BCUT2D eigenvalue weighted by Gasteiger charge is 2.45. The van der Waals surface area contributed by atoms with E-state index in [0.29, 0.717) is 6.10 Å². The summed E-state index contributed by atoms with van der Waals surface area (Å²) in [6.45, 7) is 2.56. The van der Waals surface area contributed by atoms with E-state index < -0.39 is 0 Å². The molecule has 17 heavy (non-hydrogen) atoms. The van der Waals surface area contributed by atoms with Gasteiger partial charge in [0.25, 0.3) is 0 Å². The summed E-state index contributed by atoms with van der Waals surface area (Å²) in [6.07, 6.45) is 12.3. The van der Waals surface area contributed by atoms with Crippen LogP contribution in [0.15, 0.2) is 0 Å². The molecular formula is C16H28O. The standard InChI is InChI=1S/C16H28O/c1-11-15-6-4-3-5-12(15)9-13-10-14(17-2)7-8-16(11)13/h11-16H,3-10H2,1-2H3. The summed E-state index contributed by atoms with van der Waals surface area (Å²) in [7, 11) is 1.90. The van der Waals surface area contributed by atoms with Crippen molar-refractivity contribution in [2.75, 3.05) is 7.11 Å². The first-order chi connectivity index (χ1) is 8.29. The molecule has 0 aliphatic heterocycles. The first-order valence-corrected chi connectivity index (χ1v) is 7.82. The van der Waals surface area contributed by atoms with E-state index in [0.717, 1.165) is 29.6 Å². The van der Waals surface area contributed by atoms with E-state index in [1.807, 2.05) is 7.11 Å². The lowest BCUT2D eigenvalue weighted by molar-refractivity contribution is -0.0483. The first kappa shape index (κ1) is 12.0. The smallest absolute Gasteiger partial charge is 0.0574 e. The molecular weight excluding hydrogens is 208 g/mol. The summed E-state index contributed by atoms with van der Waals surface area (Å²) in [6, 6.07) is 0. The van der Waals surface area contributed by atoms with Crippen molar-refractivity contribution in [2.45, 2.75) is 64.4 Å². The van der Waals surface area contributed by atoms with Gasteiger partial charge in [-0.2, -0.15) is 0 Å². The van der Waals surface area contributed by atoms with Gasteiger partial charge in [0.05, 0.1) is 6.10 Å². The first-order valence-electron chi connectivity index (χ1n) is 7.82. The Morgan fingerprint density at radius 3 is 2.41 bits per heavy atom. The zero-order valence-electron chi connectivity index (χ0n) is 11.5. The van der Waals surface area contributed by atoms with Crippen molar-refractivity contribution in [3.63, 3.8) is 0 Å². The minimum Gasteiger partial charge on any atom is -0.381 e. The quantitative estimate of drug-likeness (QED) is 0.661. The highest BCUT2D eigenvalue weighted by molar-refractivity contribution is 4.95. The molecule has 3 aliphatic carbocycles. The SMILES string of the molecule is COC1CCC2C(C1)CC1CCCCC1C2C. The predicted octanol–water partition coefficient (Wildman–Crippen LogP) is 4.26. The fourth-order valence-electron chi connectivity index (χ4n) is 5.35. The van der Waals surface area contributed by atoms with Crippen LogP contribution in [-0.4, -0.2) is 13.2 Å². The van der Waals surface area contributed by atoms with E-state index in [4.69, 9.17) is 4.74 Å². The highest BCUT2D eigenvalue weighted by atomic mass is 16.5. The molecule has 0 aromatic heterocycles. The van der Waals surface area contributed by atoms with Crippen LogP contribution >= 0.6 is 0 Å². The minimum absolute atomic E-state index is 0.573. The van der Waals surface area contributed by atoms with Gasteiger partial charge in [-0.05, 0) is 61.7 Å². The van der Waals surface area contributed by atoms with Gasteiger partial charge >= 0.3 is 0 Å². The lowest BCUT2D eigenvalue weighted by Crippen LogP contribution is -2.44. The third-order valence-corrected chi connectivity index (χ3v) is 6.25. The maximum absolute atomic E-state index is 5.61. The van der Waals surface area contributed by atoms with E-state index in [9.17, 15) is 0 Å². The van der Waals surface area contributed by atoms with Gasteiger partial charge in [-0.1, -0.05) is 26.2 Å². The molecule has 0 aromatic rings. The van der Waals surface area contributed by atoms with Crippen LogP contribution in [0, 0.1) is 29.6 Å². The summed E-state index contributed by atoms with van der Waals surface area (Å²) < 4.78 is 5.61. The number of methoxy groups -OCH3 is 1. The van der Waals surface area contributed by atoms with Crippen molar-refractivity contribution < 1.29 is 4.74 Å². The van der Waals surface area contributed by atoms with E-state index in [-0.39, 0.29) is 0 Å². The average molecular weight is 236 g/mol. The molecule has 6 atom stereocenters. The van der Waals surface area contributed by atoms with Gasteiger partial charge in [0, 0.05) is 7.11 Å². The summed E-state index contributed by atoms with van der Waals surface area (Å²) in [5.74, 6) is 5.15. The van der Waals surface area contributed by atoms with Crippen molar-refractivity contribution in [2.24, 2.45) is 29.6 Å². The molecule has 0 heterocycles. The molecule has 3 fully saturated rings. The Labute approximate surface area is 106 Å². The maximum atomic E-state index is 5.61. The van der Waals surface area contributed by atoms with Gasteiger partial charge in [-0.15, -0.1) is 0 Å². The molecule has 1 nitrogen and oxygen atoms in total. The summed E-state index contributed by atoms with van der Waals surface area (Å²) in [4.78, 5) is 0. The molecule has 0 amide bonds. The van der Waals surface area contributed by atoms with E-state index >= 15 is 0 Å². The molecule has 3 saturated carbocycles. The van der Waals surface area contributed by atoms with Gasteiger partial charge in [0.2, 0.25) is 0 Å². The molecule has 98 valence electrons. The minimum atomic E-state index is 0.573. The maximum Gasteiger partial charge on any atom is 0.0574 e. The van der Waals surface area contributed by atoms with Crippen LogP contribution < -0.4 is 0 Å². The molecule has 0 N–H and O–H groups in total. The van der Waals surface area contributed by atoms with Crippen LogP contribution in [0.4, 0.5) is 0 Å². The molecule has 3 rings (SSSR count). The summed E-state index contributed by atoms with van der Waals surface area (Å²) in [5.41, 5.74) is 0. The number of fused-ring (bicyclic) bond motifs is 2. The average Bonchev–Trinajstić information content (AvgIpc) is 2.38. The van der Waals surface area contributed by atoms with E-state index in [1.54, 1.807) is 0 Å². The second-order valence-electron chi connectivity index (χ2n) is 6.90. The monoisotopic (exact) mass is 236 g/mol. The van der Waals surface area contributed by atoms with Crippen LogP contribution in [0.2, 0.25) is 0 Å². The Morgan fingerprint density at radius 2 is 1.59 bits per heavy atom. The topological polar surface area (TPSA) is 9.23 Å². The molecule has 1 heteroatoms. The lowest BCUT2D eigenvalue weighted by atomic mass is 9.55. The van der Waals surface area contributed by atoms with Crippen LogP contribution in [-0.2, 0) is 4.74 Å². The van der Waals surface area contributed by atoms with E-state index in [1.165, 1.54) is 51.4 Å². The Hall–Kier alpha value is -0.0400. The van der Waals surface area contributed by atoms with Gasteiger partial charge in [0.15, 0.2) is 0 Å². The van der Waals surface area contributed by atoms with Gasteiger partial charge < -0.3 is 4.74 Å². The Bertz CT molecular complexity index is 262. The zero-order chi connectivity index (χ0) is 11.8. The van der Waals surface area contributed by atoms with Crippen molar-refractivity contribution in [3.05, 3.63) is 0 Å². The molecule has 0 bridgehead atoms. The summed E-state index contributed by atoms with van der Waals surface area (Å²) >= 11 is 0. The van der Waals surface area contributed by atoms with E-state index in [2.05, 4.69) is 6.92 Å². The third kappa shape index (κ3) is 2.16. The van der Waals surface area contributed by atoms with Crippen molar-refractivity contribution in [1.29, 1.82) is 0 Å². The fourth-order valence-corrected chi connectivity index (χ4v) is 5.35. The largest absolute Gasteiger partial charge is 0.381 e. The predicted molar refractivity (Wildman–Crippen MR) is 70.9 cm³/mol. The molecule has 3 aliphatic rings. The molecule has 6 unspecified atom stereocenters. The van der Waals surface area contributed by atoms with Crippen molar-refractivity contribution in [1.82, 2.24) is 0 Å². The Morgan fingerprint density at radius 1 is 0.824 bits per heavy atom. The highest BCUT2D eigenvalue weighted by Crippen LogP contribution is 2.53. The third-order valence-electron chi connectivity index (χ3n) is 6.25. The van der Waals surface area contributed by atoms with Crippen LogP contribution in [0.3, 0.4) is 0 Å². The number of ether oxygens (including phenoxy) is 1. The zero-order valence-corrected chi connectivity index (χ0v) is 11.5. The van der Waals surface area contributed by atoms with Crippen LogP contribution in [0.25, 0.3) is 0 Å². The Balaban J connectivity index is 1.71. The normalized spacial score (nSPS) is 50.5. The second-order valence-corrected chi connectivity index (χ2v) is 6.90. The van der Waals surface area contributed by atoms with Gasteiger partial charge in [0.1, 0.15) is 0 Å². The molecule has 0 spiro atoms. The lowest BCUT2D eigenvalue weighted by Gasteiger charge is -2.51. The van der Waals surface area contributed by atoms with Gasteiger partial charge in [-0.3, -0.25) is 0 Å².